The van der Waals surface area contributed by atoms with Crippen molar-refractivity contribution in [2.24, 2.45) is 0 Å². The summed E-state index contributed by atoms with van der Waals surface area (Å²) in [4.78, 5) is 28.4. The Kier molecular flexibility index (Phi) is 6.54. The van der Waals surface area contributed by atoms with Gasteiger partial charge in [0, 0.05) is 18.7 Å². The lowest BCUT2D eigenvalue weighted by molar-refractivity contribution is -0.121. The number of benzene rings is 2. The van der Waals surface area contributed by atoms with Crippen molar-refractivity contribution in [3.8, 4) is 0 Å². The molecule has 0 unspecified atom stereocenters. The number of hydrogen-bond donors (Lipinski definition) is 1. The Balaban J connectivity index is 1.70. The number of carbonyl (C=O) groups excluding carboxylic acids is 2. The number of carbonyl (C=O) groups is 2. The van der Waals surface area contributed by atoms with Gasteiger partial charge in [-0.1, -0.05) is 55.5 Å². The van der Waals surface area contributed by atoms with Crippen LogP contribution in [0.1, 0.15) is 32.3 Å². The van der Waals surface area contributed by atoms with Gasteiger partial charge in [-0.25, -0.2) is 4.79 Å². The highest BCUT2D eigenvalue weighted by Gasteiger charge is 2.44. The maximum Gasteiger partial charge on any atom is 0.410 e. The predicted molar refractivity (Wildman–Crippen MR) is 111 cm³/mol. The molecule has 1 N–H and O–H groups in total. The highest BCUT2D eigenvalue weighted by molar-refractivity contribution is 5.94. The molecule has 0 radical (unpaired) electrons. The van der Waals surface area contributed by atoms with Gasteiger partial charge in [0.2, 0.25) is 5.91 Å². The first-order valence-corrected chi connectivity index (χ1v) is 9.97. The summed E-state index contributed by atoms with van der Waals surface area (Å²) < 4.78 is 5.41. The highest BCUT2D eigenvalue weighted by Crippen LogP contribution is 2.31. The SMILES string of the molecule is CCC(=O)N(c1ccccc1)[C@@H]1CCN(C(=O)OCc2ccccc2)C[C@]1(C)O. The van der Waals surface area contributed by atoms with Crippen molar-refractivity contribution in [3.05, 3.63) is 66.2 Å². The lowest BCUT2D eigenvalue weighted by Gasteiger charge is -2.47. The summed E-state index contributed by atoms with van der Waals surface area (Å²) in [6, 6.07) is 18.4. The third-order valence-corrected chi connectivity index (χ3v) is 5.28. The van der Waals surface area contributed by atoms with Gasteiger partial charge < -0.3 is 19.6 Å². The molecule has 154 valence electrons. The fraction of sp³-hybridized carbons (Fsp3) is 0.391. The summed E-state index contributed by atoms with van der Waals surface area (Å²) in [5.74, 6) is -0.0541. The normalized spacial score (nSPS) is 21.5. The molecule has 1 fully saturated rings. The molecule has 1 saturated heterocycles. The molecule has 6 nitrogen and oxygen atoms in total. The average molecular weight is 396 g/mol. The van der Waals surface area contributed by atoms with Crippen molar-refractivity contribution in [1.29, 1.82) is 0 Å². The largest absolute Gasteiger partial charge is 0.445 e. The van der Waals surface area contributed by atoms with Crippen LogP contribution in [0.5, 0.6) is 0 Å². The second-order valence-electron chi connectivity index (χ2n) is 7.58. The molecule has 6 heteroatoms. The lowest BCUT2D eigenvalue weighted by atomic mass is 9.87. The van der Waals surface area contributed by atoms with Gasteiger partial charge in [-0.05, 0) is 31.0 Å². The van der Waals surface area contributed by atoms with Crippen molar-refractivity contribution in [3.63, 3.8) is 0 Å². The van der Waals surface area contributed by atoms with Gasteiger partial charge in [-0.15, -0.1) is 0 Å². The third kappa shape index (κ3) is 4.95. The van der Waals surface area contributed by atoms with Crippen molar-refractivity contribution < 1.29 is 19.4 Å². The molecule has 2 aromatic carbocycles. The topological polar surface area (TPSA) is 70.1 Å². The Morgan fingerprint density at radius 3 is 2.34 bits per heavy atom. The number of anilines is 1. The minimum Gasteiger partial charge on any atom is -0.445 e. The quantitative estimate of drug-likeness (QED) is 0.839. The molecular weight excluding hydrogens is 368 g/mol. The van der Waals surface area contributed by atoms with Crippen molar-refractivity contribution in [2.75, 3.05) is 18.0 Å². The molecule has 0 spiro atoms. The highest BCUT2D eigenvalue weighted by atomic mass is 16.6. The number of piperidine rings is 1. The van der Waals surface area contributed by atoms with Crippen LogP contribution in [-0.2, 0) is 16.1 Å². The van der Waals surface area contributed by atoms with E-state index in [2.05, 4.69) is 0 Å². The summed E-state index contributed by atoms with van der Waals surface area (Å²) in [6.07, 6.45) is 0.346. The average Bonchev–Trinajstić information content (AvgIpc) is 2.74. The van der Waals surface area contributed by atoms with Crippen molar-refractivity contribution in [1.82, 2.24) is 4.90 Å². The van der Waals surface area contributed by atoms with Gasteiger partial charge in [0.05, 0.1) is 12.6 Å². The number of nitrogens with zero attached hydrogens (tertiary/aromatic N) is 2. The molecular formula is C23H28N2O4. The molecule has 2 aromatic rings. The Hall–Kier alpha value is -2.86. The summed E-state index contributed by atoms with van der Waals surface area (Å²) in [5.41, 5.74) is 0.404. The summed E-state index contributed by atoms with van der Waals surface area (Å²) in [6.45, 7) is 4.18. The summed E-state index contributed by atoms with van der Waals surface area (Å²) >= 11 is 0. The van der Waals surface area contributed by atoms with Crippen molar-refractivity contribution in [2.45, 2.75) is 44.9 Å². The molecule has 2 atom stereocenters. The fourth-order valence-corrected chi connectivity index (χ4v) is 3.79. The molecule has 0 aliphatic carbocycles. The monoisotopic (exact) mass is 396 g/mol. The number of ether oxygens (including phenoxy) is 1. The van der Waals surface area contributed by atoms with Crippen LogP contribution >= 0.6 is 0 Å². The molecule has 0 aromatic heterocycles. The molecule has 1 aliphatic rings. The van der Waals surface area contributed by atoms with Crippen molar-refractivity contribution >= 4 is 17.7 Å². The predicted octanol–water partition coefficient (Wildman–Crippen LogP) is 3.59. The third-order valence-electron chi connectivity index (χ3n) is 5.28. The first kappa shape index (κ1) is 20.9. The van der Waals surface area contributed by atoms with Crippen LogP contribution in [0.4, 0.5) is 10.5 Å². The molecule has 0 bridgehead atoms. The standard InChI is InChI=1S/C23H28N2O4/c1-3-21(26)25(19-12-8-5-9-13-19)20-14-15-24(17-23(20,2)28)22(27)29-16-18-10-6-4-7-11-18/h4-13,20,28H,3,14-17H2,1-2H3/t20-,23+/m1/s1. The molecule has 2 amide bonds. The summed E-state index contributed by atoms with van der Waals surface area (Å²) in [5, 5.41) is 11.2. The fourth-order valence-electron chi connectivity index (χ4n) is 3.79. The Morgan fingerprint density at radius 1 is 1.14 bits per heavy atom. The first-order valence-electron chi connectivity index (χ1n) is 9.97. The minimum atomic E-state index is -1.26. The van der Waals surface area contributed by atoms with E-state index in [1.807, 2.05) is 67.6 Å². The smallest absolute Gasteiger partial charge is 0.410 e. The first-order chi connectivity index (χ1) is 13.9. The van der Waals surface area contributed by atoms with Gasteiger partial charge in [0.25, 0.3) is 0 Å². The van der Waals surface area contributed by atoms with E-state index < -0.39 is 17.7 Å². The van der Waals surface area contributed by atoms with Gasteiger partial charge in [0.15, 0.2) is 0 Å². The van der Waals surface area contributed by atoms with E-state index in [-0.39, 0.29) is 19.1 Å². The van der Waals surface area contributed by atoms with Gasteiger partial charge in [0.1, 0.15) is 12.2 Å². The lowest BCUT2D eigenvalue weighted by Crippen LogP contribution is -2.63. The maximum absolute atomic E-state index is 12.7. The van der Waals surface area contributed by atoms with E-state index in [1.54, 1.807) is 11.8 Å². The van der Waals surface area contributed by atoms with Gasteiger partial charge >= 0.3 is 6.09 Å². The second-order valence-corrected chi connectivity index (χ2v) is 7.58. The van der Waals surface area contributed by atoms with E-state index in [0.717, 1.165) is 11.3 Å². The number of amides is 2. The van der Waals surface area contributed by atoms with Crippen LogP contribution in [0.2, 0.25) is 0 Å². The summed E-state index contributed by atoms with van der Waals surface area (Å²) in [7, 11) is 0. The molecule has 3 rings (SSSR count). The Morgan fingerprint density at radius 2 is 1.76 bits per heavy atom. The Labute approximate surface area is 171 Å². The molecule has 1 heterocycles. The van der Waals surface area contributed by atoms with Crippen LogP contribution in [0.3, 0.4) is 0 Å². The minimum absolute atomic E-state index is 0.0541. The van der Waals surface area contributed by atoms with Crippen LogP contribution in [0.15, 0.2) is 60.7 Å². The number of hydrogen-bond acceptors (Lipinski definition) is 4. The number of para-hydroxylation sites is 1. The van der Waals surface area contributed by atoms with E-state index in [1.165, 1.54) is 4.90 Å². The Bertz CT molecular complexity index is 823. The van der Waals surface area contributed by atoms with Gasteiger partial charge in [-0.3, -0.25) is 4.79 Å². The van der Waals surface area contributed by atoms with E-state index in [4.69, 9.17) is 4.74 Å². The van der Waals surface area contributed by atoms with Crippen LogP contribution in [0, 0.1) is 0 Å². The molecule has 0 saturated carbocycles. The van der Waals surface area contributed by atoms with Crippen LogP contribution in [-0.4, -0.2) is 46.7 Å². The number of rotatable bonds is 5. The number of β-amino-alcohol motifs (C(OH)–C–C–N with tert-alkyl or cyclic N) is 1. The van der Waals surface area contributed by atoms with E-state index >= 15 is 0 Å². The zero-order chi connectivity index (χ0) is 20.9. The molecule has 29 heavy (non-hydrogen) atoms. The van der Waals surface area contributed by atoms with Gasteiger partial charge in [-0.2, -0.15) is 0 Å². The second kappa shape index (κ2) is 9.09. The maximum atomic E-state index is 12.7. The zero-order valence-corrected chi connectivity index (χ0v) is 17.0. The van der Waals surface area contributed by atoms with E-state index in [0.29, 0.717) is 19.4 Å². The molecule has 1 aliphatic heterocycles. The van der Waals surface area contributed by atoms with E-state index in [9.17, 15) is 14.7 Å². The number of likely N-dealkylation sites (tertiary alicyclic amines) is 1. The zero-order valence-electron chi connectivity index (χ0n) is 17.0. The van der Waals surface area contributed by atoms with Crippen LogP contribution < -0.4 is 4.90 Å². The van der Waals surface area contributed by atoms with Crippen LogP contribution in [0.25, 0.3) is 0 Å². The number of aliphatic hydroxyl groups is 1.